The summed E-state index contributed by atoms with van der Waals surface area (Å²) in [4.78, 5) is 4.11. The van der Waals surface area contributed by atoms with Gasteiger partial charge in [-0.05, 0) is 46.8 Å². The number of nitrogens with zero attached hydrogens (tertiary/aromatic N) is 1. The Morgan fingerprint density at radius 3 is 2.21 bits per heavy atom. The van der Waals surface area contributed by atoms with E-state index in [0.29, 0.717) is 5.59 Å². The quantitative estimate of drug-likeness (QED) is 0.826. The van der Waals surface area contributed by atoms with Crippen molar-refractivity contribution in [2.24, 2.45) is 0 Å². The van der Waals surface area contributed by atoms with E-state index in [4.69, 9.17) is 9.31 Å². The molecule has 1 aromatic heterocycles. The molecule has 1 aliphatic heterocycles. The Bertz CT molecular complexity index is 475. The molecule has 0 amide bonds. The maximum absolute atomic E-state index is 13.5. The van der Waals surface area contributed by atoms with Gasteiger partial charge in [-0.1, -0.05) is 0 Å². The molecule has 1 unspecified atom stereocenters. The molecule has 2 rings (SSSR count). The van der Waals surface area contributed by atoms with Gasteiger partial charge in [-0.3, -0.25) is 4.98 Å². The third kappa shape index (κ3) is 2.52. The number of halogens is 1. The van der Waals surface area contributed by atoms with Crippen LogP contribution < -0.4 is 5.59 Å². The normalized spacial score (nSPS) is 22.6. The molecular formula is C13H19BFNO3. The Balaban J connectivity index is 2.32. The molecule has 4 nitrogen and oxygen atoms in total. The summed E-state index contributed by atoms with van der Waals surface area (Å²) in [7, 11) is -0.650. The average Bonchev–Trinajstić information content (AvgIpc) is 2.48. The molecule has 0 aliphatic carbocycles. The summed E-state index contributed by atoms with van der Waals surface area (Å²) in [6.07, 6.45) is -0.970. The Morgan fingerprint density at radius 1 is 1.21 bits per heavy atom. The standard InChI is InChI=1S/C13H19BFNO3/c1-8(17)11-9(15)6-7-10(16-11)14-18-12(2,3)13(4,5)19-14/h6-8,17H,1-5H3. The second-order valence-electron chi connectivity index (χ2n) is 5.87. The van der Waals surface area contributed by atoms with Crippen molar-refractivity contribution in [2.45, 2.75) is 51.9 Å². The predicted octanol–water partition coefficient (Wildman–Crippen LogP) is 1.57. The van der Waals surface area contributed by atoms with E-state index in [0.717, 1.165) is 0 Å². The van der Waals surface area contributed by atoms with Crippen molar-refractivity contribution in [1.82, 2.24) is 4.98 Å². The molecule has 2 heterocycles. The lowest BCUT2D eigenvalue weighted by Crippen LogP contribution is -2.41. The molecule has 0 saturated carbocycles. The van der Waals surface area contributed by atoms with E-state index in [2.05, 4.69) is 4.98 Å². The van der Waals surface area contributed by atoms with Crippen LogP contribution in [0.4, 0.5) is 4.39 Å². The average molecular weight is 267 g/mol. The summed E-state index contributed by atoms with van der Waals surface area (Å²) in [6.45, 7) is 9.22. The molecule has 0 spiro atoms. The zero-order valence-electron chi connectivity index (χ0n) is 11.9. The Morgan fingerprint density at radius 2 is 1.74 bits per heavy atom. The zero-order chi connectivity index (χ0) is 14.4. The summed E-state index contributed by atoms with van der Waals surface area (Å²) in [6, 6.07) is 2.79. The van der Waals surface area contributed by atoms with Crippen molar-refractivity contribution in [2.75, 3.05) is 0 Å². The summed E-state index contributed by atoms with van der Waals surface area (Å²) in [5, 5.41) is 9.49. The number of aliphatic hydroxyl groups excluding tert-OH is 1. The van der Waals surface area contributed by atoms with Crippen molar-refractivity contribution < 1.29 is 18.8 Å². The van der Waals surface area contributed by atoms with Gasteiger partial charge in [-0.15, -0.1) is 0 Å². The molecule has 1 aromatic rings. The number of aromatic nitrogens is 1. The van der Waals surface area contributed by atoms with Crippen LogP contribution in [0.3, 0.4) is 0 Å². The van der Waals surface area contributed by atoms with E-state index >= 15 is 0 Å². The van der Waals surface area contributed by atoms with Crippen LogP contribution in [0.1, 0.15) is 46.4 Å². The molecule has 1 saturated heterocycles. The Labute approximate surface area is 113 Å². The van der Waals surface area contributed by atoms with Gasteiger partial charge >= 0.3 is 7.12 Å². The molecule has 1 atom stereocenters. The van der Waals surface area contributed by atoms with Gasteiger partial charge in [-0.2, -0.15) is 0 Å². The van der Waals surface area contributed by atoms with E-state index in [1.165, 1.54) is 19.1 Å². The van der Waals surface area contributed by atoms with Gasteiger partial charge in [0.05, 0.1) is 22.9 Å². The molecule has 104 valence electrons. The van der Waals surface area contributed by atoms with Gasteiger partial charge in [0.15, 0.2) is 0 Å². The summed E-state index contributed by atoms with van der Waals surface area (Å²) in [5.74, 6) is -0.532. The first-order valence-corrected chi connectivity index (χ1v) is 6.34. The lowest BCUT2D eigenvalue weighted by molar-refractivity contribution is 0.00578. The summed E-state index contributed by atoms with van der Waals surface area (Å²) in [5.41, 5.74) is -0.472. The lowest BCUT2D eigenvalue weighted by Gasteiger charge is -2.32. The van der Waals surface area contributed by atoms with Crippen LogP contribution in [0.15, 0.2) is 12.1 Å². The molecular weight excluding hydrogens is 248 g/mol. The van der Waals surface area contributed by atoms with Crippen LogP contribution in [-0.2, 0) is 9.31 Å². The second kappa shape index (κ2) is 4.54. The van der Waals surface area contributed by atoms with Crippen molar-refractivity contribution in [3.63, 3.8) is 0 Å². The van der Waals surface area contributed by atoms with E-state index in [-0.39, 0.29) is 5.69 Å². The van der Waals surface area contributed by atoms with E-state index in [1.54, 1.807) is 0 Å². The van der Waals surface area contributed by atoms with Crippen LogP contribution in [0.5, 0.6) is 0 Å². The molecule has 0 radical (unpaired) electrons. The predicted molar refractivity (Wildman–Crippen MR) is 70.5 cm³/mol. The molecule has 6 heteroatoms. The number of aliphatic hydroxyl groups is 1. The smallest absolute Gasteiger partial charge is 0.398 e. The highest BCUT2D eigenvalue weighted by Gasteiger charge is 2.52. The number of pyridine rings is 1. The van der Waals surface area contributed by atoms with Gasteiger partial charge in [0.25, 0.3) is 0 Å². The minimum absolute atomic E-state index is 0.00668. The minimum Gasteiger partial charge on any atom is -0.398 e. The number of rotatable bonds is 2. The molecule has 0 aromatic carbocycles. The largest absolute Gasteiger partial charge is 0.514 e. The van der Waals surface area contributed by atoms with Gasteiger partial charge < -0.3 is 14.4 Å². The molecule has 0 bridgehead atoms. The summed E-state index contributed by atoms with van der Waals surface area (Å²) < 4.78 is 25.2. The van der Waals surface area contributed by atoms with Crippen molar-refractivity contribution in [3.8, 4) is 0 Å². The van der Waals surface area contributed by atoms with Gasteiger partial charge in [0.1, 0.15) is 11.5 Å². The van der Waals surface area contributed by atoms with Crippen molar-refractivity contribution in [3.05, 3.63) is 23.6 Å². The van der Waals surface area contributed by atoms with Gasteiger partial charge in [0.2, 0.25) is 0 Å². The fourth-order valence-electron chi connectivity index (χ4n) is 1.86. The summed E-state index contributed by atoms with van der Waals surface area (Å²) >= 11 is 0. The third-order valence-electron chi connectivity index (χ3n) is 3.79. The van der Waals surface area contributed by atoms with Crippen molar-refractivity contribution in [1.29, 1.82) is 0 Å². The van der Waals surface area contributed by atoms with E-state index in [9.17, 15) is 9.50 Å². The molecule has 1 aliphatic rings. The van der Waals surface area contributed by atoms with Gasteiger partial charge in [-0.25, -0.2) is 4.39 Å². The highest BCUT2D eigenvalue weighted by molar-refractivity contribution is 6.61. The Kier molecular flexibility index (Phi) is 3.45. The minimum atomic E-state index is -0.970. The maximum Gasteiger partial charge on any atom is 0.514 e. The molecule has 1 N–H and O–H groups in total. The first-order valence-electron chi connectivity index (χ1n) is 6.34. The van der Waals surface area contributed by atoms with Crippen LogP contribution >= 0.6 is 0 Å². The number of hydrogen-bond acceptors (Lipinski definition) is 4. The van der Waals surface area contributed by atoms with Crippen molar-refractivity contribution >= 4 is 12.7 Å². The van der Waals surface area contributed by atoms with Crippen LogP contribution in [-0.4, -0.2) is 28.4 Å². The van der Waals surface area contributed by atoms with Crippen LogP contribution in [0, 0.1) is 5.82 Å². The first kappa shape index (κ1) is 14.4. The fraction of sp³-hybridized carbons (Fsp3) is 0.615. The Hall–Kier alpha value is -0.975. The number of hydrogen-bond donors (Lipinski definition) is 1. The van der Waals surface area contributed by atoms with Crippen LogP contribution in [0.2, 0.25) is 0 Å². The highest BCUT2D eigenvalue weighted by Crippen LogP contribution is 2.36. The maximum atomic E-state index is 13.5. The topological polar surface area (TPSA) is 51.6 Å². The molecule has 1 fully saturated rings. The lowest BCUT2D eigenvalue weighted by atomic mass is 9.84. The fourth-order valence-corrected chi connectivity index (χ4v) is 1.86. The molecule has 19 heavy (non-hydrogen) atoms. The van der Waals surface area contributed by atoms with Crippen LogP contribution in [0.25, 0.3) is 0 Å². The van der Waals surface area contributed by atoms with E-state index < -0.39 is 30.2 Å². The third-order valence-corrected chi connectivity index (χ3v) is 3.79. The SMILES string of the molecule is CC(O)c1nc(B2OC(C)(C)C(C)(C)O2)ccc1F. The zero-order valence-corrected chi connectivity index (χ0v) is 11.9. The monoisotopic (exact) mass is 267 g/mol. The first-order chi connectivity index (χ1) is 8.64. The second-order valence-corrected chi connectivity index (χ2v) is 5.87. The van der Waals surface area contributed by atoms with Gasteiger partial charge in [0, 0.05) is 0 Å². The highest BCUT2D eigenvalue weighted by atomic mass is 19.1. The van der Waals surface area contributed by atoms with E-state index in [1.807, 2.05) is 27.7 Å².